The second kappa shape index (κ2) is 4.54. The van der Waals surface area contributed by atoms with Crippen LogP contribution in [0, 0.1) is 0 Å². The molecule has 5 heteroatoms. The Kier molecular flexibility index (Phi) is 4.40. The summed E-state index contributed by atoms with van der Waals surface area (Å²) >= 11 is 3.21. The molecule has 0 aliphatic heterocycles. The molecule has 0 amide bonds. The third-order valence-electron chi connectivity index (χ3n) is 1.16. The zero-order chi connectivity index (χ0) is 7.56. The first kappa shape index (κ1) is 10.7. The number of nitrogens with two attached hydrogens (primary N) is 1. The van der Waals surface area contributed by atoms with E-state index in [1.807, 2.05) is 0 Å². The average molecular weight is 240 g/mol. The Hall–Kier alpha value is -0.320. The van der Waals surface area contributed by atoms with Gasteiger partial charge in [0.25, 0.3) is 5.56 Å². The molecular formula is C6H8BrClN2O. The third kappa shape index (κ3) is 2.65. The number of H-pyrrole nitrogens is 1. The largest absolute Gasteiger partial charge is 0.328 e. The number of hydrogen-bond acceptors (Lipinski definition) is 2. The maximum absolute atomic E-state index is 10.8. The van der Waals surface area contributed by atoms with Crippen molar-refractivity contribution in [2.45, 2.75) is 6.54 Å². The molecule has 0 saturated carbocycles. The molecule has 0 aromatic carbocycles. The molecule has 62 valence electrons. The van der Waals surface area contributed by atoms with Crippen molar-refractivity contribution in [3.63, 3.8) is 0 Å². The molecular weight excluding hydrogens is 231 g/mol. The molecule has 0 aliphatic carbocycles. The van der Waals surface area contributed by atoms with Crippen molar-refractivity contribution in [2.75, 3.05) is 0 Å². The van der Waals surface area contributed by atoms with Crippen LogP contribution >= 0.6 is 28.3 Å². The molecule has 0 saturated heterocycles. The summed E-state index contributed by atoms with van der Waals surface area (Å²) in [6, 6.07) is 1.71. The molecule has 1 aromatic rings. The highest BCUT2D eigenvalue weighted by atomic mass is 79.9. The molecule has 11 heavy (non-hydrogen) atoms. The summed E-state index contributed by atoms with van der Waals surface area (Å²) in [6.45, 7) is 0.273. The van der Waals surface area contributed by atoms with Crippen molar-refractivity contribution < 1.29 is 0 Å². The van der Waals surface area contributed by atoms with Gasteiger partial charge in [0.1, 0.15) is 0 Å². The fourth-order valence-corrected chi connectivity index (χ4v) is 1.04. The van der Waals surface area contributed by atoms with Crippen LogP contribution in [0.5, 0.6) is 0 Å². The number of hydrogen-bond donors (Lipinski definition) is 2. The Labute approximate surface area is 78.5 Å². The summed E-state index contributed by atoms with van der Waals surface area (Å²) in [5, 5.41) is 0. The Morgan fingerprint density at radius 2 is 2.27 bits per heavy atom. The fraction of sp³-hybridized carbons (Fsp3) is 0.167. The highest BCUT2D eigenvalue weighted by Crippen LogP contribution is 2.05. The van der Waals surface area contributed by atoms with Gasteiger partial charge in [0, 0.05) is 22.8 Å². The quantitative estimate of drug-likeness (QED) is 0.769. The maximum atomic E-state index is 10.8. The Morgan fingerprint density at radius 3 is 2.73 bits per heavy atom. The van der Waals surface area contributed by atoms with E-state index in [2.05, 4.69) is 20.9 Å². The lowest BCUT2D eigenvalue weighted by Gasteiger charge is -1.93. The van der Waals surface area contributed by atoms with Gasteiger partial charge in [-0.25, -0.2) is 0 Å². The first-order valence-electron chi connectivity index (χ1n) is 2.81. The minimum absolute atomic E-state index is 0. The predicted molar refractivity (Wildman–Crippen MR) is 49.9 cm³/mol. The molecule has 0 spiro atoms. The van der Waals surface area contributed by atoms with Gasteiger partial charge in [-0.3, -0.25) is 4.79 Å². The van der Waals surface area contributed by atoms with Gasteiger partial charge in [-0.1, -0.05) is 0 Å². The molecule has 3 nitrogen and oxygen atoms in total. The monoisotopic (exact) mass is 238 g/mol. The highest BCUT2D eigenvalue weighted by molar-refractivity contribution is 9.10. The van der Waals surface area contributed by atoms with E-state index in [4.69, 9.17) is 5.73 Å². The fourth-order valence-electron chi connectivity index (χ4n) is 0.652. The van der Waals surface area contributed by atoms with E-state index in [-0.39, 0.29) is 24.5 Å². The number of aromatic amines is 1. The molecule has 1 rings (SSSR count). The van der Waals surface area contributed by atoms with Gasteiger partial charge in [0.2, 0.25) is 0 Å². The Bertz CT molecular complexity index is 286. The second-order valence-corrected chi connectivity index (χ2v) is 2.79. The number of rotatable bonds is 1. The van der Waals surface area contributed by atoms with Crippen molar-refractivity contribution >= 4 is 28.3 Å². The van der Waals surface area contributed by atoms with Gasteiger partial charge in [0.15, 0.2) is 0 Å². The van der Waals surface area contributed by atoms with E-state index >= 15 is 0 Å². The molecule has 0 atom stereocenters. The highest BCUT2D eigenvalue weighted by Gasteiger charge is 1.95. The number of pyridine rings is 1. The molecule has 0 bridgehead atoms. The van der Waals surface area contributed by atoms with E-state index in [9.17, 15) is 4.79 Å². The summed E-state index contributed by atoms with van der Waals surface area (Å²) in [7, 11) is 0. The Balaban J connectivity index is 0.000001000. The summed E-state index contributed by atoms with van der Waals surface area (Å²) in [5.74, 6) is 0. The Morgan fingerprint density at radius 1 is 1.64 bits per heavy atom. The lowest BCUT2D eigenvalue weighted by atomic mass is 10.3. The second-order valence-electron chi connectivity index (χ2n) is 1.88. The topological polar surface area (TPSA) is 58.9 Å². The lowest BCUT2D eigenvalue weighted by molar-refractivity contribution is 1.01. The van der Waals surface area contributed by atoms with E-state index in [0.29, 0.717) is 5.56 Å². The van der Waals surface area contributed by atoms with Crippen LogP contribution in [0.2, 0.25) is 0 Å². The zero-order valence-electron chi connectivity index (χ0n) is 5.63. The van der Waals surface area contributed by atoms with Crippen molar-refractivity contribution in [1.29, 1.82) is 0 Å². The van der Waals surface area contributed by atoms with Crippen molar-refractivity contribution in [3.8, 4) is 0 Å². The average Bonchev–Trinajstić information content (AvgIpc) is 1.94. The normalized spacial score (nSPS) is 8.91. The molecule has 0 fully saturated rings. The molecule has 0 aliphatic rings. The van der Waals surface area contributed by atoms with Gasteiger partial charge in [-0.05, 0) is 22.0 Å². The number of halogens is 2. The summed E-state index contributed by atoms with van der Waals surface area (Å²) in [5.41, 5.74) is 5.75. The summed E-state index contributed by atoms with van der Waals surface area (Å²) in [4.78, 5) is 13.4. The minimum Gasteiger partial charge on any atom is -0.328 e. The minimum atomic E-state index is -0.120. The predicted octanol–water partition coefficient (Wildman–Crippen LogP) is 1.02. The van der Waals surface area contributed by atoms with Crippen LogP contribution in [0.3, 0.4) is 0 Å². The van der Waals surface area contributed by atoms with Crippen molar-refractivity contribution in [1.82, 2.24) is 4.98 Å². The van der Waals surface area contributed by atoms with Gasteiger partial charge < -0.3 is 10.7 Å². The standard InChI is InChI=1S/C6H7BrN2O.ClH/c7-5-1-4(2-8)6(10)9-3-5;/h1,3H,2,8H2,(H,9,10);1H. The van der Waals surface area contributed by atoms with Crippen LogP contribution < -0.4 is 11.3 Å². The molecule has 3 N–H and O–H groups in total. The van der Waals surface area contributed by atoms with Crippen LogP contribution in [-0.4, -0.2) is 4.98 Å². The van der Waals surface area contributed by atoms with Crippen molar-refractivity contribution in [2.24, 2.45) is 5.73 Å². The third-order valence-corrected chi connectivity index (χ3v) is 1.62. The van der Waals surface area contributed by atoms with Gasteiger partial charge in [-0.15, -0.1) is 12.4 Å². The van der Waals surface area contributed by atoms with E-state index in [1.54, 1.807) is 12.3 Å². The number of nitrogens with one attached hydrogen (secondary N) is 1. The van der Waals surface area contributed by atoms with E-state index in [1.165, 1.54) is 0 Å². The molecule has 0 unspecified atom stereocenters. The van der Waals surface area contributed by atoms with Crippen LogP contribution in [0.1, 0.15) is 5.56 Å². The first-order valence-corrected chi connectivity index (χ1v) is 3.60. The molecule has 1 heterocycles. The van der Waals surface area contributed by atoms with E-state index < -0.39 is 0 Å². The van der Waals surface area contributed by atoms with Crippen molar-refractivity contribution in [3.05, 3.63) is 32.7 Å². The molecule has 1 aromatic heterocycles. The van der Waals surface area contributed by atoms with Gasteiger partial charge in [-0.2, -0.15) is 0 Å². The smallest absolute Gasteiger partial charge is 0.252 e. The van der Waals surface area contributed by atoms with E-state index in [0.717, 1.165) is 4.47 Å². The van der Waals surface area contributed by atoms with Crippen LogP contribution in [-0.2, 0) is 6.54 Å². The number of aromatic nitrogens is 1. The zero-order valence-corrected chi connectivity index (χ0v) is 8.04. The SMILES string of the molecule is Cl.NCc1cc(Br)c[nH]c1=O. The maximum Gasteiger partial charge on any atom is 0.252 e. The molecule has 0 radical (unpaired) electrons. The van der Waals surface area contributed by atoms with Gasteiger partial charge >= 0.3 is 0 Å². The van der Waals surface area contributed by atoms with Crippen LogP contribution in [0.25, 0.3) is 0 Å². The first-order chi connectivity index (χ1) is 4.74. The van der Waals surface area contributed by atoms with Crippen LogP contribution in [0.4, 0.5) is 0 Å². The van der Waals surface area contributed by atoms with Gasteiger partial charge in [0.05, 0.1) is 0 Å². The summed E-state index contributed by atoms with van der Waals surface area (Å²) < 4.78 is 0.840. The van der Waals surface area contributed by atoms with Crippen LogP contribution in [0.15, 0.2) is 21.5 Å². The lowest BCUT2D eigenvalue weighted by Crippen LogP contribution is -2.14. The summed E-state index contributed by atoms with van der Waals surface area (Å²) in [6.07, 6.45) is 1.58.